The van der Waals surface area contributed by atoms with E-state index in [9.17, 15) is 4.79 Å². The van der Waals surface area contributed by atoms with Crippen LogP contribution >= 0.6 is 11.3 Å². The molecule has 0 atom stereocenters. The first-order valence-corrected chi connectivity index (χ1v) is 5.60. The van der Waals surface area contributed by atoms with Crippen LogP contribution in [0.25, 0.3) is 0 Å². The number of aromatic nitrogens is 1. The highest BCUT2D eigenvalue weighted by atomic mass is 32.1. The Bertz CT molecular complexity index is 313. The monoisotopic (exact) mass is 198 g/mol. The normalized spacial score (nSPS) is 17.2. The van der Waals surface area contributed by atoms with Gasteiger partial charge >= 0.3 is 4.87 Å². The molecule has 0 bridgehead atoms. The van der Waals surface area contributed by atoms with E-state index in [1.807, 2.05) is 5.38 Å². The van der Waals surface area contributed by atoms with E-state index in [0.29, 0.717) is 0 Å². The number of hydrogen-bond donors (Lipinski definition) is 2. The summed E-state index contributed by atoms with van der Waals surface area (Å²) in [5.74, 6) is 0.880. The first-order chi connectivity index (χ1) is 6.34. The molecule has 1 aliphatic carbocycles. The molecule has 2 rings (SSSR count). The van der Waals surface area contributed by atoms with Gasteiger partial charge in [0.15, 0.2) is 0 Å². The van der Waals surface area contributed by atoms with Crippen molar-refractivity contribution in [1.29, 1.82) is 0 Å². The van der Waals surface area contributed by atoms with Crippen molar-refractivity contribution in [3.8, 4) is 0 Å². The summed E-state index contributed by atoms with van der Waals surface area (Å²) in [4.78, 5) is 13.6. The summed E-state index contributed by atoms with van der Waals surface area (Å²) in [6.07, 6.45) is 4.13. The van der Waals surface area contributed by atoms with Crippen molar-refractivity contribution in [2.24, 2.45) is 5.92 Å². The Morgan fingerprint density at radius 3 is 3.00 bits per heavy atom. The Hall–Kier alpha value is -0.610. The highest BCUT2D eigenvalue weighted by Crippen LogP contribution is 2.25. The maximum Gasteiger partial charge on any atom is 0.304 e. The van der Waals surface area contributed by atoms with Gasteiger partial charge in [-0.05, 0) is 25.3 Å². The molecule has 0 spiro atoms. The summed E-state index contributed by atoms with van der Waals surface area (Å²) in [5.41, 5.74) is 1.01. The molecular formula is C9H14N2OS. The van der Waals surface area contributed by atoms with Gasteiger partial charge in [-0.25, -0.2) is 0 Å². The predicted octanol–water partition coefficient (Wildman–Crippen LogP) is 1.33. The molecule has 1 aliphatic rings. The zero-order valence-electron chi connectivity index (χ0n) is 7.51. The molecule has 1 heterocycles. The smallest absolute Gasteiger partial charge is 0.304 e. The predicted molar refractivity (Wildman–Crippen MR) is 54.0 cm³/mol. The number of nitrogens with one attached hydrogen (secondary N) is 2. The molecule has 0 unspecified atom stereocenters. The van der Waals surface area contributed by atoms with Crippen LogP contribution in [0, 0.1) is 5.92 Å². The molecule has 0 saturated heterocycles. The zero-order chi connectivity index (χ0) is 9.10. The van der Waals surface area contributed by atoms with E-state index in [0.717, 1.165) is 24.7 Å². The largest absolute Gasteiger partial charge is 0.315 e. The summed E-state index contributed by atoms with van der Waals surface area (Å²) >= 11 is 1.23. The van der Waals surface area contributed by atoms with Crippen LogP contribution in [0.1, 0.15) is 25.0 Å². The van der Waals surface area contributed by atoms with E-state index in [1.165, 1.54) is 30.6 Å². The highest BCUT2D eigenvalue weighted by Gasteiger charge is 2.16. The number of H-pyrrole nitrogens is 1. The molecule has 1 aromatic rings. The fourth-order valence-electron chi connectivity index (χ4n) is 1.51. The van der Waals surface area contributed by atoms with Gasteiger partial charge in [0.25, 0.3) is 0 Å². The molecule has 72 valence electrons. The maximum absolute atomic E-state index is 10.8. The highest BCUT2D eigenvalue weighted by molar-refractivity contribution is 7.07. The summed E-state index contributed by atoms with van der Waals surface area (Å²) in [6, 6.07) is 0. The van der Waals surface area contributed by atoms with Crippen LogP contribution in [0.4, 0.5) is 0 Å². The molecule has 1 aromatic heterocycles. The average molecular weight is 198 g/mol. The van der Waals surface area contributed by atoms with Gasteiger partial charge in [0.05, 0.1) is 0 Å². The van der Waals surface area contributed by atoms with Crippen LogP contribution in [0.3, 0.4) is 0 Å². The number of thiazole rings is 1. The molecule has 0 aromatic carbocycles. The van der Waals surface area contributed by atoms with Crippen molar-refractivity contribution in [2.75, 3.05) is 6.54 Å². The lowest BCUT2D eigenvalue weighted by molar-refractivity contribution is 0.301. The second-order valence-electron chi connectivity index (χ2n) is 3.60. The fraction of sp³-hybridized carbons (Fsp3) is 0.667. The van der Waals surface area contributed by atoms with Gasteiger partial charge in [0.2, 0.25) is 0 Å². The third kappa shape index (κ3) is 2.42. The molecule has 2 N–H and O–H groups in total. The van der Waals surface area contributed by atoms with E-state index in [4.69, 9.17) is 0 Å². The van der Waals surface area contributed by atoms with Crippen molar-refractivity contribution in [3.63, 3.8) is 0 Å². The molecule has 1 fully saturated rings. The Kier molecular flexibility index (Phi) is 2.80. The number of rotatable bonds is 4. The molecule has 3 nitrogen and oxygen atoms in total. The minimum Gasteiger partial charge on any atom is -0.315 e. The van der Waals surface area contributed by atoms with E-state index < -0.39 is 0 Å². The Morgan fingerprint density at radius 1 is 1.62 bits per heavy atom. The van der Waals surface area contributed by atoms with E-state index >= 15 is 0 Å². The van der Waals surface area contributed by atoms with Crippen LogP contribution in [-0.2, 0) is 6.54 Å². The van der Waals surface area contributed by atoms with E-state index in [2.05, 4.69) is 10.3 Å². The standard InChI is InChI=1S/C9H14N2OS/c12-9-11-8(6-13-9)5-10-4-7-2-1-3-7/h6-7,10H,1-5H2,(H,11,12). The van der Waals surface area contributed by atoms with Crippen molar-refractivity contribution in [1.82, 2.24) is 10.3 Å². The van der Waals surface area contributed by atoms with Crippen LogP contribution in [0.2, 0.25) is 0 Å². The second kappa shape index (κ2) is 4.07. The van der Waals surface area contributed by atoms with Crippen molar-refractivity contribution in [3.05, 3.63) is 20.7 Å². The minimum atomic E-state index is 0.0421. The lowest BCUT2D eigenvalue weighted by Crippen LogP contribution is -2.27. The Morgan fingerprint density at radius 2 is 2.46 bits per heavy atom. The number of aromatic amines is 1. The van der Waals surface area contributed by atoms with Gasteiger partial charge in [0.1, 0.15) is 0 Å². The lowest BCUT2D eigenvalue weighted by atomic mass is 9.85. The quantitative estimate of drug-likeness (QED) is 0.766. The Balaban J connectivity index is 1.70. The molecule has 1 saturated carbocycles. The van der Waals surface area contributed by atoms with Crippen LogP contribution in [-0.4, -0.2) is 11.5 Å². The summed E-state index contributed by atoms with van der Waals surface area (Å²) in [6.45, 7) is 1.90. The summed E-state index contributed by atoms with van der Waals surface area (Å²) < 4.78 is 0. The summed E-state index contributed by atoms with van der Waals surface area (Å²) in [5, 5.41) is 5.24. The molecule has 0 amide bonds. The van der Waals surface area contributed by atoms with Gasteiger partial charge < -0.3 is 10.3 Å². The molecular weight excluding hydrogens is 184 g/mol. The molecule has 13 heavy (non-hydrogen) atoms. The summed E-state index contributed by atoms with van der Waals surface area (Å²) in [7, 11) is 0. The third-order valence-electron chi connectivity index (χ3n) is 2.54. The number of hydrogen-bond acceptors (Lipinski definition) is 3. The van der Waals surface area contributed by atoms with Crippen molar-refractivity contribution < 1.29 is 0 Å². The van der Waals surface area contributed by atoms with Crippen molar-refractivity contribution >= 4 is 11.3 Å². The van der Waals surface area contributed by atoms with Crippen LogP contribution < -0.4 is 10.2 Å². The molecule has 4 heteroatoms. The van der Waals surface area contributed by atoms with Crippen LogP contribution in [0.15, 0.2) is 10.2 Å². The topological polar surface area (TPSA) is 44.9 Å². The van der Waals surface area contributed by atoms with Gasteiger partial charge in [-0.15, -0.1) is 0 Å². The van der Waals surface area contributed by atoms with Crippen molar-refractivity contribution in [2.45, 2.75) is 25.8 Å². The zero-order valence-corrected chi connectivity index (χ0v) is 8.32. The first-order valence-electron chi connectivity index (χ1n) is 4.72. The maximum atomic E-state index is 10.8. The van der Waals surface area contributed by atoms with Gasteiger partial charge in [-0.2, -0.15) is 0 Å². The second-order valence-corrected chi connectivity index (χ2v) is 4.44. The van der Waals surface area contributed by atoms with Gasteiger partial charge in [-0.1, -0.05) is 17.8 Å². The average Bonchev–Trinajstić information content (AvgIpc) is 2.42. The molecule has 0 aliphatic heterocycles. The van der Waals surface area contributed by atoms with E-state index in [1.54, 1.807) is 0 Å². The van der Waals surface area contributed by atoms with Gasteiger partial charge in [-0.3, -0.25) is 4.79 Å². The van der Waals surface area contributed by atoms with Crippen LogP contribution in [0.5, 0.6) is 0 Å². The Labute approximate surface area is 81.2 Å². The minimum absolute atomic E-state index is 0.0421. The third-order valence-corrected chi connectivity index (χ3v) is 3.26. The van der Waals surface area contributed by atoms with E-state index in [-0.39, 0.29) is 4.87 Å². The lowest BCUT2D eigenvalue weighted by Gasteiger charge is -2.25. The fourth-order valence-corrected chi connectivity index (χ4v) is 2.09. The SMILES string of the molecule is O=c1[nH]c(CNCC2CCC2)cs1. The molecule has 0 radical (unpaired) electrons. The first kappa shape index (κ1) is 8.97. The van der Waals surface area contributed by atoms with Gasteiger partial charge in [0, 0.05) is 17.6 Å².